The Morgan fingerprint density at radius 1 is 1.53 bits per heavy atom. The van der Waals surface area contributed by atoms with Gasteiger partial charge in [-0.2, -0.15) is 11.8 Å². The van der Waals surface area contributed by atoms with E-state index in [2.05, 4.69) is 13.2 Å². The van der Waals surface area contributed by atoms with Gasteiger partial charge in [0.2, 0.25) is 5.91 Å². The maximum atomic E-state index is 12.3. The fourth-order valence-corrected chi connectivity index (χ4v) is 3.02. The maximum absolute atomic E-state index is 12.3. The molecule has 1 aliphatic rings. The largest absolute Gasteiger partial charge is 0.343 e. The molecule has 0 aliphatic heterocycles. The highest BCUT2D eigenvalue weighted by molar-refractivity contribution is 7.98. The number of carbonyl (C=O) groups excluding carboxylic acids is 1. The summed E-state index contributed by atoms with van der Waals surface area (Å²) < 4.78 is 0. The second-order valence-corrected chi connectivity index (χ2v) is 6.19. The monoisotopic (exact) mass is 258 g/mol. The number of thioether (sulfide) groups is 1. The topological polar surface area (TPSA) is 46.3 Å². The smallest absolute Gasteiger partial charge is 0.225 e. The van der Waals surface area contributed by atoms with Crippen LogP contribution in [0.5, 0.6) is 0 Å². The van der Waals surface area contributed by atoms with Crippen molar-refractivity contribution in [2.75, 3.05) is 19.1 Å². The molecule has 0 radical (unpaired) electrons. The molecule has 3 nitrogen and oxygen atoms in total. The van der Waals surface area contributed by atoms with Crippen molar-refractivity contribution in [3.63, 3.8) is 0 Å². The van der Waals surface area contributed by atoms with Crippen LogP contribution in [0.4, 0.5) is 0 Å². The van der Waals surface area contributed by atoms with E-state index in [0.717, 1.165) is 37.9 Å². The Morgan fingerprint density at radius 2 is 2.24 bits per heavy atom. The third-order valence-electron chi connectivity index (χ3n) is 3.81. The molecule has 0 aromatic heterocycles. The molecule has 1 rings (SSSR count). The Kier molecular flexibility index (Phi) is 6.34. The lowest BCUT2D eigenvalue weighted by atomic mass is 9.85. The standard InChI is InChI=1S/C13H26N2OS/c1-10(7-8-17-3)15(2)13(16)11-5-4-6-12(14)9-11/h10-12H,4-9,14H2,1-3H3. The molecule has 0 saturated heterocycles. The number of hydrogen-bond acceptors (Lipinski definition) is 3. The highest BCUT2D eigenvalue weighted by Crippen LogP contribution is 2.25. The van der Waals surface area contributed by atoms with Gasteiger partial charge in [0.05, 0.1) is 0 Å². The van der Waals surface area contributed by atoms with E-state index >= 15 is 0 Å². The first-order chi connectivity index (χ1) is 8.06. The number of amides is 1. The van der Waals surface area contributed by atoms with Crippen molar-refractivity contribution in [2.24, 2.45) is 11.7 Å². The van der Waals surface area contributed by atoms with E-state index in [0.29, 0.717) is 11.9 Å². The van der Waals surface area contributed by atoms with E-state index in [1.165, 1.54) is 0 Å². The quantitative estimate of drug-likeness (QED) is 0.821. The van der Waals surface area contributed by atoms with Gasteiger partial charge < -0.3 is 10.6 Å². The minimum atomic E-state index is 0.167. The van der Waals surface area contributed by atoms with Crippen LogP contribution in [0.2, 0.25) is 0 Å². The molecule has 17 heavy (non-hydrogen) atoms. The van der Waals surface area contributed by atoms with Crippen molar-refractivity contribution < 1.29 is 4.79 Å². The van der Waals surface area contributed by atoms with Gasteiger partial charge in [0.15, 0.2) is 0 Å². The molecular formula is C13H26N2OS. The van der Waals surface area contributed by atoms with Crippen LogP contribution in [-0.4, -0.2) is 41.9 Å². The van der Waals surface area contributed by atoms with Crippen LogP contribution in [-0.2, 0) is 4.79 Å². The van der Waals surface area contributed by atoms with Crippen molar-refractivity contribution >= 4 is 17.7 Å². The first-order valence-corrected chi connectivity index (χ1v) is 7.96. The normalized spacial score (nSPS) is 26.6. The van der Waals surface area contributed by atoms with Gasteiger partial charge in [0, 0.05) is 25.0 Å². The summed E-state index contributed by atoms with van der Waals surface area (Å²) >= 11 is 1.84. The molecule has 0 aromatic carbocycles. The van der Waals surface area contributed by atoms with E-state index in [4.69, 9.17) is 5.73 Å². The van der Waals surface area contributed by atoms with E-state index in [-0.39, 0.29) is 12.0 Å². The fourth-order valence-electron chi connectivity index (χ4n) is 2.44. The van der Waals surface area contributed by atoms with Crippen LogP contribution in [0.3, 0.4) is 0 Å². The van der Waals surface area contributed by atoms with Crippen molar-refractivity contribution in [3.05, 3.63) is 0 Å². The van der Waals surface area contributed by atoms with Gasteiger partial charge in [0.25, 0.3) is 0 Å². The van der Waals surface area contributed by atoms with Crippen LogP contribution in [0.1, 0.15) is 39.0 Å². The lowest BCUT2D eigenvalue weighted by Crippen LogP contribution is -2.42. The van der Waals surface area contributed by atoms with Crippen LogP contribution in [0.15, 0.2) is 0 Å². The summed E-state index contributed by atoms with van der Waals surface area (Å²) in [6.45, 7) is 2.14. The molecule has 1 fully saturated rings. The number of nitrogens with two attached hydrogens (primary N) is 1. The van der Waals surface area contributed by atoms with Crippen molar-refractivity contribution in [2.45, 2.75) is 51.1 Å². The number of hydrogen-bond donors (Lipinski definition) is 1. The first-order valence-electron chi connectivity index (χ1n) is 6.57. The average molecular weight is 258 g/mol. The third-order valence-corrected chi connectivity index (χ3v) is 4.46. The Labute approximate surface area is 109 Å². The molecule has 1 amide bonds. The number of carbonyl (C=O) groups is 1. The lowest BCUT2D eigenvalue weighted by molar-refractivity contribution is -0.137. The van der Waals surface area contributed by atoms with E-state index in [1.54, 1.807) is 0 Å². The van der Waals surface area contributed by atoms with Gasteiger partial charge in [-0.25, -0.2) is 0 Å². The summed E-state index contributed by atoms with van der Waals surface area (Å²) in [6, 6.07) is 0.570. The summed E-state index contributed by atoms with van der Waals surface area (Å²) in [7, 11) is 1.94. The molecule has 0 spiro atoms. The van der Waals surface area contributed by atoms with Crippen molar-refractivity contribution in [1.29, 1.82) is 0 Å². The minimum absolute atomic E-state index is 0.167. The first kappa shape index (κ1) is 14.8. The minimum Gasteiger partial charge on any atom is -0.343 e. The van der Waals surface area contributed by atoms with Gasteiger partial charge in [-0.05, 0) is 44.6 Å². The summed E-state index contributed by atoms with van der Waals surface area (Å²) in [5, 5.41) is 0. The molecule has 1 saturated carbocycles. The van der Waals surface area contributed by atoms with Gasteiger partial charge >= 0.3 is 0 Å². The molecule has 0 aromatic rings. The Hall–Kier alpha value is -0.220. The van der Waals surface area contributed by atoms with Gasteiger partial charge in [-0.1, -0.05) is 6.42 Å². The van der Waals surface area contributed by atoms with E-state index in [9.17, 15) is 4.79 Å². The molecule has 0 heterocycles. The van der Waals surface area contributed by atoms with Crippen molar-refractivity contribution in [3.8, 4) is 0 Å². The number of rotatable bonds is 5. The highest BCUT2D eigenvalue weighted by Gasteiger charge is 2.28. The van der Waals surface area contributed by atoms with Crippen molar-refractivity contribution in [1.82, 2.24) is 4.90 Å². The predicted octanol–water partition coefficient (Wildman–Crippen LogP) is 2.10. The van der Waals surface area contributed by atoms with Gasteiger partial charge in [-0.15, -0.1) is 0 Å². The molecule has 3 unspecified atom stereocenters. The zero-order valence-electron chi connectivity index (χ0n) is 11.3. The Morgan fingerprint density at radius 3 is 2.82 bits per heavy atom. The molecular weight excluding hydrogens is 232 g/mol. The summed E-state index contributed by atoms with van der Waals surface area (Å²) in [5.74, 6) is 1.58. The van der Waals surface area contributed by atoms with Crippen LogP contribution in [0, 0.1) is 5.92 Å². The summed E-state index contributed by atoms with van der Waals surface area (Å²) in [4.78, 5) is 14.2. The summed E-state index contributed by atoms with van der Waals surface area (Å²) in [5.41, 5.74) is 5.95. The highest BCUT2D eigenvalue weighted by atomic mass is 32.2. The Balaban J connectivity index is 2.44. The molecule has 2 N–H and O–H groups in total. The van der Waals surface area contributed by atoms with Gasteiger partial charge in [0.1, 0.15) is 0 Å². The van der Waals surface area contributed by atoms with Gasteiger partial charge in [-0.3, -0.25) is 4.79 Å². The second-order valence-electron chi connectivity index (χ2n) is 5.20. The summed E-state index contributed by atoms with van der Waals surface area (Å²) in [6.07, 6.45) is 7.25. The zero-order chi connectivity index (χ0) is 12.8. The molecule has 1 aliphatic carbocycles. The maximum Gasteiger partial charge on any atom is 0.225 e. The van der Waals surface area contributed by atoms with E-state index < -0.39 is 0 Å². The third kappa shape index (κ3) is 4.51. The Bertz CT molecular complexity index is 248. The SMILES string of the molecule is CSCCC(C)N(C)C(=O)C1CCCC(N)C1. The lowest BCUT2D eigenvalue weighted by Gasteiger charge is -2.32. The average Bonchev–Trinajstić information content (AvgIpc) is 2.34. The zero-order valence-corrected chi connectivity index (χ0v) is 12.1. The second kappa shape index (κ2) is 7.27. The van der Waals surface area contributed by atoms with Crippen LogP contribution < -0.4 is 5.73 Å². The molecule has 100 valence electrons. The molecule has 0 bridgehead atoms. The molecule has 4 heteroatoms. The predicted molar refractivity (Wildman–Crippen MR) is 75.2 cm³/mol. The molecule has 3 atom stereocenters. The van der Waals surface area contributed by atoms with Crippen LogP contribution in [0.25, 0.3) is 0 Å². The van der Waals surface area contributed by atoms with Crippen LogP contribution >= 0.6 is 11.8 Å². The van der Waals surface area contributed by atoms with E-state index in [1.807, 2.05) is 23.7 Å². The fraction of sp³-hybridized carbons (Fsp3) is 0.923. The number of nitrogens with zero attached hydrogens (tertiary/aromatic N) is 1.